The minimum atomic E-state index is -0.0318. The van der Waals surface area contributed by atoms with Crippen molar-refractivity contribution in [3.8, 4) is 11.5 Å². The van der Waals surface area contributed by atoms with Gasteiger partial charge in [-0.1, -0.05) is 36.4 Å². The number of benzene rings is 2. The van der Waals surface area contributed by atoms with Crippen LogP contribution in [0.5, 0.6) is 0 Å². The van der Waals surface area contributed by atoms with Crippen LogP contribution in [0.4, 0.5) is 0 Å². The second-order valence-electron chi connectivity index (χ2n) is 7.91. The van der Waals surface area contributed by atoms with E-state index in [1.165, 1.54) is 35.3 Å². The second kappa shape index (κ2) is 8.99. The van der Waals surface area contributed by atoms with E-state index in [2.05, 4.69) is 33.4 Å². The van der Waals surface area contributed by atoms with Gasteiger partial charge in [0, 0.05) is 18.5 Å². The normalized spacial score (nSPS) is 14.3. The van der Waals surface area contributed by atoms with Crippen LogP contribution in [-0.2, 0) is 24.4 Å². The molecule has 4 aromatic rings. The van der Waals surface area contributed by atoms with Crippen LogP contribution in [0.3, 0.4) is 0 Å². The molecule has 0 saturated carbocycles. The third kappa shape index (κ3) is 4.38. The lowest BCUT2D eigenvalue weighted by molar-refractivity contribution is -0.121. The Morgan fingerprint density at radius 3 is 2.61 bits per heavy atom. The van der Waals surface area contributed by atoms with Crippen molar-refractivity contribution in [2.24, 2.45) is 0 Å². The standard InChI is InChI=1S/C24H25N5OS/c30-23(25-13-18-7-1-2-8-19(18)14-28-11-5-6-12-28)15-29-22-10-4-3-9-20(22)27-24(29)21-16-31-17-26-21/h1-4,7-10,16-17H,5-6,11-15H2,(H,25,30). The van der Waals surface area contributed by atoms with Gasteiger partial charge in [-0.15, -0.1) is 11.3 Å². The molecule has 2 aromatic carbocycles. The van der Waals surface area contributed by atoms with Crippen molar-refractivity contribution in [1.82, 2.24) is 24.8 Å². The number of imidazole rings is 1. The van der Waals surface area contributed by atoms with E-state index in [1.807, 2.05) is 40.3 Å². The lowest BCUT2D eigenvalue weighted by Gasteiger charge is -2.18. The Bertz CT molecular complexity index is 1180. The van der Waals surface area contributed by atoms with Gasteiger partial charge < -0.3 is 9.88 Å². The highest BCUT2D eigenvalue weighted by atomic mass is 32.1. The molecule has 6 nitrogen and oxygen atoms in total. The molecular weight excluding hydrogens is 406 g/mol. The maximum absolute atomic E-state index is 12.9. The highest BCUT2D eigenvalue weighted by Gasteiger charge is 2.17. The number of aromatic nitrogens is 3. The predicted molar refractivity (Wildman–Crippen MR) is 124 cm³/mol. The van der Waals surface area contributed by atoms with Gasteiger partial charge in [-0.3, -0.25) is 9.69 Å². The molecular formula is C24H25N5OS. The van der Waals surface area contributed by atoms with Gasteiger partial charge in [0.15, 0.2) is 5.82 Å². The van der Waals surface area contributed by atoms with Crippen LogP contribution in [-0.4, -0.2) is 38.4 Å². The molecule has 3 heterocycles. The summed E-state index contributed by atoms with van der Waals surface area (Å²) in [5, 5.41) is 5.08. The summed E-state index contributed by atoms with van der Waals surface area (Å²) in [5.41, 5.74) is 6.87. The Hall–Kier alpha value is -3.03. The molecule has 1 N–H and O–H groups in total. The van der Waals surface area contributed by atoms with E-state index in [9.17, 15) is 4.79 Å². The van der Waals surface area contributed by atoms with Crippen LogP contribution < -0.4 is 5.32 Å². The number of hydrogen-bond donors (Lipinski definition) is 1. The Kier molecular flexibility index (Phi) is 5.78. The number of nitrogens with zero attached hydrogens (tertiary/aromatic N) is 4. The van der Waals surface area contributed by atoms with E-state index in [1.54, 1.807) is 5.51 Å². The van der Waals surface area contributed by atoms with Gasteiger partial charge in [0.2, 0.25) is 5.91 Å². The highest BCUT2D eigenvalue weighted by Crippen LogP contribution is 2.24. The number of fused-ring (bicyclic) bond motifs is 1. The molecule has 1 aliphatic heterocycles. The van der Waals surface area contributed by atoms with Gasteiger partial charge in [-0.25, -0.2) is 9.97 Å². The second-order valence-corrected chi connectivity index (χ2v) is 8.63. The van der Waals surface area contributed by atoms with Gasteiger partial charge in [-0.2, -0.15) is 0 Å². The summed E-state index contributed by atoms with van der Waals surface area (Å²) in [4.78, 5) is 24.5. The number of rotatable bonds is 7. The highest BCUT2D eigenvalue weighted by molar-refractivity contribution is 7.07. The summed E-state index contributed by atoms with van der Waals surface area (Å²) < 4.78 is 1.95. The van der Waals surface area contributed by atoms with Crippen LogP contribution in [0.25, 0.3) is 22.6 Å². The molecule has 1 amide bonds. The average molecular weight is 432 g/mol. The Balaban J connectivity index is 1.32. The van der Waals surface area contributed by atoms with Crippen molar-refractivity contribution in [1.29, 1.82) is 0 Å². The van der Waals surface area contributed by atoms with E-state index in [4.69, 9.17) is 4.98 Å². The van der Waals surface area contributed by atoms with Crippen LogP contribution in [0.2, 0.25) is 0 Å². The Morgan fingerprint density at radius 2 is 1.81 bits per heavy atom. The number of thiazole rings is 1. The van der Waals surface area contributed by atoms with Crippen molar-refractivity contribution in [3.63, 3.8) is 0 Å². The first-order chi connectivity index (χ1) is 15.3. The molecule has 7 heteroatoms. The zero-order valence-electron chi connectivity index (χ0n) is 17.3. The number of amides is 1. The quantitative estimate of drug-likeness (QED) is 0.479. The predicted octanol–water partition coefficient (Wildman–Crippen LogP) is 4.07. The fourth-order valence-corrected chi connectivity index (χ4v) is 4.74. The largest absolute Gasteiger partial charge is 0.350 e. The first-order valence-corrected chi connectivity index (χ1v) is 11.6. The minimum absolute atomic E-state index is 0.0318. The number of hydrogen-bond acceptors (Lipinski definition) is 5. The monoisotopic (exact) mass is 431 g/mol. The summed E-state index contributed by atoms with van der Waals surface area (Å²) in [5.74, 6) is 0.697. The molecule has 0 unspecified atom stereocenters. The number of para-hydroxylation sites is 2. The van der Waals surface area contributed by atoms with Crippen molar-refractivity contribution in [3.05, 3.63) is 70.5 Å². The summed E-state index contributed by atoms with van der Waals surface area (Å²) in [7, 11) is 0. The third-order valence-corrected chi connectivity index (χ3v) is 6.39. The summed E-state index contributed by atoms with van der Waals surface area (Å²) in [6, 6.07) is 16.3. The van der Waals surface area contributed by atoms with Gasteiger partial charge in [0.05, 0.1) is 16.5 Å². The molecule has 0 atom stereocenters. The first-order valence-electron chi connectivity index (χ1n) is 10.7. The van der Waals surface area contributed by atoms with E-state index in [0.717, 1.165) is 42.2 Å². The molecule has 1 fully saturated rings. The van der Waals surface area contributed by atoms with Gasteiger partial charge in [0.25, 0.3) is 0 Å². The van der Waals surface area contributed by atoms with Crippen LogP contribution >= 0.6 is 11.3 Å². The first kappa shape index (κ1) is 19.9. The SMILES string of the molecule is O=C(Cn1c(-c2cscn2)nc2ccccc21)NCc1ccccc1CN1CCCC1. The van der Waals surface area contributed by atoms with E-state index < -0.39 is 0 Å². The minimum Gasteiger partial charge on any atom is -0.350 e. The van der Waals surface area contributed by atoms with Crippen LogP contribution in [0.15, 0.2) is 59.4 Å². The lowest BCUT2D eigenvalue weighted by atomic mass is 10.1. The van der Waals surface area contributed by atoms with E-state index in [-0.39, 0.29) is 12.5 Å². The van der Waals surface area contributed by atoms with Crippen molar-refractivity contribution < 1.29 is 4.79 Å². The smallest absolute Gasteiger partial charge is 0.240 e. The number of nitrogens with one attached hydrogen (secondary N) is 1. The van der Waals surface area contributed by atoms with Gasteiger partial charge in [-0.05, 0) is 49.2 Å². The van der Waals surface area contributed by atoms with Gasteiger partial charge in [0.1, 0.15) is 12.2 Å². The number of carbonyl (C=O) groups is 1. The fourth-order valence-electron chi connectivity index (χ4n) is 4.21. The topological polar surface area (TPSA) is 63.1 Å². The molecule has 31 heavy (non-hydrogen) atoms. The summed E-state index contributed by atoms with van der Waals surface area (Å²) >= 11 is 1.52. The Morgan fingerprint density at radius 1 is 1.03 bits per heavy atom. The van der Waals surface area contributed by atoms with E-state index in [0.29, 0.717) is 6.54 Å². The average Bonchev–Trinajstić information content (AvgIpc) is 3.55. The number of carbonyl (C=O) groups excluding carboxylic acids is 1. The maximum atomic E-state index is 12.9. The van der Waals surface area contributed by atoms with Gasteiger partial charge >= 0.3 is 0 Å². The Labute approximate surface area is 185 Å². The molecule has 1 aliphatic rings. The molecule has 158 valence electrons. The molecule has 0 aliphatic carbocycles. The molecule has 5 rings (SSSR count). The molecule has 1 saturated heterocycles. The van der Waals surface area contributed by atoms with Crippen molar-refractivity contribution in [2.75, 3.05) is 13.1 Å². The molecule has 0 spiro atoms. The summed E-state index contributed by atoms with van der Waals surface area (Å²) in [6.45, 7) is 4.01. The van der Waals surface area contributed by atoms with E-state index >= 15 is 0 Å². The molecule has 0 radical (unpaired) electrons. The lowest BCUT2D eigenvalue weighted by Crippen LogP contribution is -2.28. The zero-order chi connectivity index (χ0) is 21.0. The van der Waals surface area contributed by atoms with Crippen LogP contribution in [0.1, 0.15) is 24.0 Å². The zero-order valence-corrected chi connectivity index (χ0v) is 18.1. The van der Waals surface area contributed by atoms with Crippen molar-refractivity contribution in [2.45, 2.75) is 32.5 Å². The number of likely N-dealkylation sites (tertiary alicyclic amines) is 1. The van der Waals surface area contributed by atoms with Crippen molar-refractivity contribution >= 4 is 28.3 Å². The fraction of sp³-hybridized carbons (Fsp3) is 0.292. The maximum Gasteiger partial charge on any atom is 0.240 e. The molecule has 0 bridgehead atoms. The van der Waals surface area contributed by atoms with Crippen LogP contribution in [0, 0.1) is 0 Å². The third-order valence-electron chi connectivity index (χ3n) is 5.80. The molecule has 2 aromatic heterocycles. The summed E-state index contributed by atoms with van der Waals surface area (Å²) in [6.07, 6.45) is 2.55.